The van der Waals surface area contributed by atoms with Gasteiger partial charge in [0.1, 0.15) is 5.75 Å². The predicted molar refractivity (Wildman–Crippen MR) is 69.9 cm³/mol. The lowest BCUT2D eigenvalue weighted by atomic mass is 10.1. The van der Waals surface area contributed by atoms with Gasteiger partial charge in [0.25, 0.3) is 0 Å². The molecule has 0 atom stereocenters. The van der Waals surface area contributed by atoms with Crippen LogP contribution in [0.5, 0.6) is 5.75 Å². The van der Waals surface area contributed by atoms with Crippen LogP contribution in [0.2, 0.25) is 0 Å². The molecule has 0 unspecified atom stereocenters. The van der Waals surface area contributed by atoms with E-state index >= 15 is 0 Å². The summed E-state index contributed by atoms with van der Waals surface area (Å²) >= 11 is 4.62. The minimum absolute atomic E-state index is 0.152. The minimum Gasteiger partial charge on any atom is -0.494 e. The molecule has 0 heterocycles. The standard InChI is InChI=1S/C11H15N3OS/c1-3-15-10-5-4-9(6-8(10)2)7-13-14-11(12)16/h4-7H,3H2,1-2H3,(H3,12,14,16). The van der Waals surface area contributed by atoms with E-state index in [4.69, 9.17) is 10.5 Å². The lowest BCUT2D eigenvalue weighted by molar-refractivity contribution is 0.338. The van der Waals surface area contributed by atoms with Gasteiger partial charge >= 0.3 is 0 Å². The van der Waals surface area contributed by atoms with Gasteiger partial charge in [0, 0.05) is 0 Å². The van der Waals surface area contributed by atoms with E-state index in [9.17, 15) is 0 Å². The lowest BCUT2D eigenvalue weighted by Crippen LogP contribution is -2.23. The van der Waals surface area contributed by atoms with Crippen molar-refractivity contribution in [1.82, 2.24) is 5.43 Å². The van der Waals surface area contributed by atoms with Gasteiger partial charge in [-0.25, -0.2) is 0 Å². The van der Waals surface area contributed by atoms with Crippen LogP contribution in [0.15, 0.2) is 23.3 Å². The van der Waals surface area contributed by atoms with E-state index in [0.717, 1.165) is 16.9 Å². The molecule has 0 aromatic heterocycles. The van der Waals surface area contributed by atoms with E-state index in [0.29, 0.717) is 6.61 Å². The summed E-state index contributed by atoms with van der Waals surface area (Å²) in [6.45, 7) is 4.61. The average molecular weight is 237 g/mol. The third-order valence-electron chi connectivity index (χ3n) is 1.89. The highest BCUT2D eigenvalue weighted by molar-refractivity contribution is 7.80. The van der Waals surface area contributed by atoms with E-state index in [1.165, 1.54) is 0 Å². The van der Waals surface area contributed by atoms with Crippen LogP contribution in [0.3, 0.4) is 0 Å². The molecule has 16 heavy (non-hydrogen) atoms. The molecule has 0 amide bonds. The van der Waals surface area contributed by atoms with Crippen molar-refractivity contribution in [3.63, 3.8) is 0 Å². The Morgan fingerprint density at radius 2 is 2.38 bits per heavy atom. The van der Waals surface area contributed by atoms with E-state index in [1.807, 2.05) is 32.0 Å². The molecule has 0 aliphatic rings. The Bertz CT molecular complexity index is 404. The van der Waals surface area contributed by atoms with E-state index < -0.39 is 0 Å². The third-order valence-corrected chi connectivity index (χ3v) is 1.98. The largest absolute Gasteiger partial charge is 0.494 e. The van der Waals surface area contributed by atoms with Crippen molar-refractivity contribution in [2.45, 2.75) is 13.8 Å². The highest BCUT2D eigenvalue weighted by atomic mass is 32.1. The highest BCUT2D eigenvalue weighted by Crippen LogP contribution is 2.18. The van der Waals surface area contributed by atoms with Gasteiger partial charge in [-0.15, -0.1) is 0 Å². The Balaban J connectivity index is 2.73. The Morgan fingerprint density at radius 3 is 2.94 bits per heavy atom. The SMILES string of the molecule is CCOc1ccc(C=NNC(N)=S)cc1C. The number of hydrazone groups is 1. The van der Waals surface area contributed by atoms with Gasteiger partial charge in [-0.1, -0.05) is 0 Å². The summed E-state index contributed by atoms with van der Waals surface area (Å²) in [6, 6.07) is 5.82. The number of thiocarbonyl (C=S) groups is 1. The number of nitrogens with zero attached hydrogens (tertiary/aromatic N) is 1. The van der Waals surface area contributed by atoms with Crippen molar-refractivity contribution in [3.05, 3.63) is 29.3 Å². The molecular formula is C11H15N3OS. The Labute approximate surface area is 100 Å². The second-order valence-corrected chi connectivity index (χ2v) is 3.63. The normalized spacial score (nSPS) is 10.4. The maximum Gasteiger partial charge on any atom is 0.184 e. The first-order chi connectivity index (χ1) is 7.63. The summed E-state index contributed by atoms with van der Waals surface area (Å²) < 4.78 is 5.43. The predicted octanol–water partition coefficient (Wildman–Crippen LogP) is 1.56. The molecule has 5 heteroatoms. The van der Waals surface area contributed by atoms with Crippen molar-refractivity contribution in [2.75, 3.05) is 6.61 Å². The van der Waals surface area contributed by atoms with Crippen LogP contribution in [0.4, 0.5) is 0 Å². The Hall–Kier alpha value is -1.62. The maximum atomic E-state index is 5.43. The van der Waals surface area contributed by atoms with Gasteiger partial charge in [-0.05, 0) is 55.4 Å². The van der Waals surface area contributed by atoms with Crippen LogP contribution in [0, 0.1) is 6.92 Å². The van der Waals surface area contributed by atoms with Gasteiger partial charge in [0.2, 0.25) is 0 Å². The van der Waals surface area contributed by atoms with Gasteiger partial charge in [0.05, 0.1) is 12.8 Å². The molecule has 0 aliphatic heterocycles. The monoisotopic (exact) mass is 237 g/mol. The first-order valence-corrected chi connectivity index (χ1v) is 5.36. The van der Waals surface area contributed by atoms with Crippen molar-refractivity contribution in [3.8, 4) is 5.75 Å². The first kappa shape index (κ1) is 12.4. The van der Waals surface area contributed by atoms with Gasteiger partial charge < -0.3 is 10.5 Å². The lowest BCUT2D eigenvalue weighted by Gasteiger charge is -2.06. The molecule has 0 radical (unpaired) electrons. The summed E-state index contributed by atoms with van der Waals surface area (Å²) in [5.74, 6) is 0.891. The summed E-state index contributed by atoms with van der Waals surface area (Å²) in [5, 5.41) is 4.03. The molecule has 0 spiro atoms. The molecule has 0 bridgehead atoms. The Morgan fingerprint density at radius 1 is 1.62 bits per heavy atom. The number of benzene rings is 1. The summed E-state index contributed by atoms with van der Waals surface area (Å²) in [4.78, 5) is 0. The topological polar surface area (TPSA) is 59.6 Å². The van der Waals surface area contributed by atoms with Crippen molar-refractivity contribution in [1.29, 1.82) is 0 Å². The number of nitrogens with two attached hydrogens (primary N) is 1. The zero-order valence-electron chi connectivity index (χ0n) is 9.36. The second kappa shape index (κ2) is 6.07. The molecule has 0 saturated heterocycles. The number of hydrogen-bond donors (Lipinski definition) is 2. The number of aryl methyl sites for hydroxylation is 1. The van der Waals surface area contributed by atoms with Crippen LogP contribution in [0.25, 0.3) is 0 Å². The minimum atomic E-state index is 0.152. The molecule has 3 N–H and O–H groups in total. The van der Waals surface area contributed by atoms with E-state index in [2.05, 4.69) is 22.7 Å². The fourth-order valence-corrected chi connectivity index (χ4v) is 1.29. The fourth-order valence-electron chi connectivity index (χ4n) is 1.24. The molecule has 1 aromatic carbocycles. The van der Waals surface area contributed by atoms with Crippen molar-refractivity contribution < 1.29 is 4.74 Å². The number of nitrogens with one attached hydrogen (secondary N) is 1. The maximum absolute atomic E-state index is 5.43. The van der Waals surface area contributed by atoms with Crippen molar-refractivity contribution in [2.24, 2.45) is 10.8 Å². The van der Waals surface area contributed by atoms with Crippen LogP contribution in [-0.2, 0) is 0 Å². The van der Waals surface area contributed by atoms with Crippen molar-refractivity contribution >= 4 is 23.5 Å². The van der Waals surface area contributed by atoms with Gasteiger partial charge in [-0.3, -0.25) is 5.43 Å². The average Bonchev–Trinajstić information content (AvgIpc) is 2.21. The molecule has 0 aliphatic carbocycles. The van der Waals surface area contributed by atoms with Crippen LogP contribution in [-0.4, -0.2) is 17.9 Å². The molecule has 1 aromatic rings. The summed E-state index contributed by atoms with van der Waals surface area (Å²) in [6.07, 6.45) is 1.65. The van der Waals surface area contributed by atoms with Crippen LogP contribution >= 0.6 is 12.2 Å². The molecule has 4 nitrogen and oxygen atoms in total. The molecular weight excluding hydrogens is 222 g/mol. The third kappa shape index (κ3) is 3.86. The summed E-state index contributed by atoms with van der Waals surface area (Å²) in [7, 11) is 0. The molecule has 0 saturated carbocycles. The molecule has 0 fully saturated rings. The van der Waals surface area contributed by atoms with Gasteiger partial charge in [0.15, 0.2) is 5.11 Å². The van der Waals surface area contributed by atoms with Gasteiger partial charge in [-0.2, -0.15) is 5.10 Å². The zero-order valence-corrected chi connectivity index (χ0v) is 10.2. The smallest absolute Gasteiger partial charge is 0.184 e. The Kier molecular flexibility index (Phi) is 4.72. The molecule has 1 rings (SSSR count). The fraction of sp³-hybridized carbons (Fsp3) is 0.273. The second-order valence-electron chi connectivity index (χ2n) is 3.19. The number of rotatable bonds is 4. The van der Waals surface area contributed by atoms with Crippen LogP contribution in [0.1, 0.15) is 18.1 Å². The van der Waals surface area contributed by atoms with E-state index in [-0.39, 0.29) is 5.11 Å². The molecule has 86 valence electrons. The van der Waals surface area contributed by atoms with Crippen LogP contribution < -0.4 is 15.9 Å². The number of ether oxygens (including phenoxy) is 1. The van der Waals surface area contributed by atoms with E-state index in [1.54, 1.807) is 6.21 Å². The number of hydrogen-bond acceptors (Lipinski definition) is 3. The highest BCUT2D eigenvalue weighted by Gasteiger charge is 1.98. The quantitative estimate of drug-likeness (QED) is 0.474. The zero-order chi connectivity index (χ0) is 12.0. The first-order valence-electron chi connectivity index (χ1n) is 4.95. The summed E-state index contributed by atoms with van der Waals surface area (Å²) in [5.41, 5.74) is 9.77.